The van der Waals surface area contributed by atoms with Crippen LogP contribution >= 0.6 is 0 Å². The fourth-order valence-electron chi connectivity index (χ4n) is 2.37. The SMILES string of the molecule is Oc1ccc(N=Nc2ncnc3nc[nH]c23)c2c(O)cccc12. The molecular weight excluding hydrogens is 296 g/mol. The number of hydrogen-bond acceptors (Lipinski definition) is 7. The zero-order valence-corrected chi connectivity index (χ0v) is 11.7. The molecule has 112 valence electrons. The highest BCUT2D eigenvalue weighted by atomic mass is 16.3. The number of azo groups is 1. The Morgan fingerprint density at radius 1 is 0.913 bits per heavy atom. The average Bonchev–Trinajstić information content (AvgIpc) is 3.04. The third-order valence-corrected chi connectivity index (χ3v) is 3.43. The lowest BCUT2D eigenvalue weighted by Crippen LogP contribution is -1.81. The van der Waals surface area contributed by atoms with Crippen LogP contribution in [0.3, 0.4) is 0 Å². The van der Waals surface area contributed by atoms with E-state index in [2.05, 4.69) is 30.2 Å². The van der Waals surface area contributed by atoms with Gasteiger partial charge in [0.25, 0.3) is 0 Å². The quantitative estimate of drug-likeness (QED) is 0.491. The summed E-state index contributed by atoms with van der Waals surface area (Å²) in [6.45, 7) is 0. The summed E-state index contributed by atoms with van der Waals surface area (Å²) in [6.07, 6.45) is 2.85. The van der Waals surface area contributed by atoms with Crippen molar-refractivity contribution in [3.63, 3.8) is 0 Å². The third kappa shape index (κ3) is 2.13. The summed E-state index contributed by atoms with van der Waals surface area (Å²) in [5, 5.41) is 29.1. The highest BCUT2D eigenvalue weighted by Crippen LogP contribution is 2.38. The minimum Gasteiger partial charge on any atom is -0.507 e. The van der Waals surface area contributed by atoms with Crippen LogP contribution in [0.5, 0.6) is 11.5 Å². The molecule has 2 heterocycles. The Hall–Kier alpha value is -3.55. The summed E-state index contributed by atoms with van der Waals surface area (Å²) in [6, 6.07) is 7.95. The van der Waals surface area contributed by atoms with E-state index in [0.29, 0.717) is 33.4 Å². The fraction of sp³-hybridized carbons (Fsp3) is 0. The Bertz CT molecular complexity index is 1060. The number of aromatic hydroxyl groups is 2. The van der Waals surface area contributed by atoms with Gasteiger partial charge in [0.05, 0.1) is 17.4 Å². The van der Waals surface area contributed by atoms with E-state index in [0.717, 1.165) is 0 Å². The molecule has 0 aliphatic carbocycles. The molecule has 4 rings (SSSR count). The van der Waals surface area contributed by atoms with Crippen molar-refractivity contribution in [2.45, 2.75) is 0 Å². The van der Waals surface area contributed by atoms with Crippen molar-refractivity contribution in [2.75, 3.05) is 0 Å². The molecule has 4 aromatic rings. The van der Waals surface area contributed by atoms with E-state index in [1.165, 1.54) is 24.8 Å². The lowest BCUT2D eigenvalue weighted by Gasteiger charge is -2.05. The average molecular weight is 306 g/mol. The molecule has 2 aromatic carbocycles. The van der Waals surface area contributed by atoms with Crippen LogP contribution in [-0.4, -0.2) is 30.1 Å². The molecule has 0 atom stereocenters. The van der Waals surface area contributed by atoms with E-state index < -0.39 is 0 Å². The van der Waals surface area contributed by atoms with Gasteiger partial charge >= 0.3 is 0 Å². The molecule has 23 heavy (non-hydrogen) atoms. The number of phenols is 2. The first-order valence-corrected chi connectivity index (χ1v) is 6.73. The first kappa shape index (κ1) is 13.1. The monoisotopic (exact) mass is 306 g/mol. The Morgan fingerprint density at radius 3 is 2.74 bits per heavy atom. The summed E-state index contributed by atoms with van der Waals surface area (Å²) < 4.78 is 0. The van der Waals surface area contributed by atoms with Gasteiger partial charge in [0.15, 0.2) is 5.65 Å². The fourth-order valence-corrected chi connectivity index (χ4v) is 2.37. The molecular formula is C15H10N6O2. The Balaban J connectivity index is 1.88. The van der Waals surface area contributed by atoms with Crippen LogP contribution in [0.25, 0.3) is 21.9 Å². The minimum atomic E-state index is 0.0155. The maximum atomic E-state index is 10.1. The van der Waals surface area contributed by atoms with Crippen LogP contribution in [0.1, 0.15) is 0 Å². The summed E-state index contributed by atoms with van der Waals surface area (Å²) in [5.41, 5.74) is 1.48. The lowest BCUT2D eigenvalue weighted by molar-refractivity contribution is 0.475. The van der Waals surface area contributed by atoms with Gasteiger partial charge < -0.3 is 15.2 Å². The van der Waals surface area contributed by atoms with Gasteiger partial charge in [-0.1, -0.05) is 12.1 Å². The van der Waals surface area contributed by atoms with E-state index in [-0.39, 0.29) is 11.5 Å². The van der Waals surface area contributed by atoms with Crippen molar-refractivity contribution in [3.05, 3.63) is 43.0 Å². The number of nitrogens with one attached hydrogen (secondary N) is 1. The molecule has 0 amide bonds. The van der Waals surface area contributed by atoms with Crippen LogP contribution in [0.2, 0.25) is 0 Å². The van der Waals surface area contributed by atoms with E-state index in [1.807, 2.05) is 0 Å². The summed E-state index contributed by atoms with van der Waals surface area (Å²) in [5.74, 6) is 0.415. The van der Waals surface area contributed by atoms with Gasteiger partial charge in [0, 0.05) is 5.39 Å². The van der Waals surface area contributed by atoms with Gasteiger partial charge in [-0.25, -0.2) is 15.0 Å². The number of nitrogens with zero attached hydrogens (tertiary/aromatic N) is 5. The highest BCUT2D eigenvalue weighted by Gasteiger charge is 2.10. The summed E-state index contributed by atoms with van der Waals surface area (Å²) in [4.78, 5) is 15.0. The minimum absolute atomic E-state index is 0.0155. The Labute approximate surface area is 129 Å². The van der Waals surface area contributed by atoms with Crippen molar-refractivity contribution >= 4 is 33.4 Å². The molecule has 0 unspecified atom stereocenters. The first-order chi connectivity index (χ1) is 11.2. The van der Waals surface area contributed by atoms with Gasteiger partial charge in [-0.2, -0.15) is 0 Å². The Kier molecular flexibility index (Phi) is 2.87. The second-order valence-electron chi connectivity index (χ2n) is 4.80. The van der Waals surface area contributed by atoms with Crippen LogP contribution < -0.4 is 0 Å². The molecule has 0 fully saturated rings. The molecule has 0 saturated heterocycles. The van der Waals surface area contributed by atoms with Gasteiger partial charge in [-0.15, -0.1) is 10.2 Å². The molecule has 3 N–H and O–H groups in total. The highest BCUT2D eigenvalue weighted by molar-refractivity contribution is 6.00. The van der Waals surface area contributed by atoms with Crippen LogP contribution in [0.4, 0.5) is 11.5 Å². The zero-order valence-electron chi connectivity index (χ0n) is 11.7. The Morgan fingerprint density at radius 2 is 1.83 bits per heavy atom. The molecule has 0 bridgehead atoms. The summed E-state index contributed by atoms with van der Waals surface area (Å²) in [7, 11) is 0. The maximum Gasteiger partial charge on any atom is 0.203 e. The topological polar surface area (TPSA) is 120 Å². The molecule has 8 nitrogen and oxygen atoms in total. The second kappa shape index (κ2) is 5.02. The molecule has 0 aliphatic rings. The van der Waals surface area contributed by atoms with Gasteiger partial charge in [0.1, 0.15) is 23.3 Å². The number of H-pyrrole nitrogens is 1. The molecule has 8 heteroatoms. The molecule has 2 aromatic heterocycles. The van der Waals surface area contributed by atoms with E-state index in [1.54, 1.807) is 18.2 Å². The van der Waals surface area contributed by atoms with Crippen molar-refractivity contribution in [3.8, 4) is 11.5 Å². The molecule has 0 spiro atoms. The number of rotatable bonds is 2. The molecule has 0 aliphatic heterocycles. The first-order valence-electron chi connectivity index (χ1n) is 6.73. The molecule has 0 radical (unpaired) electrons. The number of imidazole rings is 1. The second-order valence-corrected chi connectivity index (χ2v) is 4.80. The largest absolute Gasteiger partial charge is 0.507 e. The smallest absolute Gasteiger partial charge is 0.203 e. The van der Waals surface area contributed by atoms with Crippen molar-refractivity contribution in [1.82, 2.24) is 19.9 Å². The summed E-state index contributed by atoms with van der Waals surface area (Å²) >= 11 is 0. The number of aromatic amines is 1. The molecule has 0 saturated carbocycles. The number of phenolic OH excluding ortho intramolecular Hbond substituents is 2. The van der Waals surface area contributed by atoms with Crippen molar-refractivity contribution in [2.24, 2.45) is 10.2 Å². The van der Waals surface area contributed by atoms with Gasteiger partial charge in [0.2, 0.25) is 5.82 Å². The number of benzene rings is 2. The maximum absolute atomic E-state index is 10.1. The van der Waals surface area contributed by atoms with Crippen LogP contribution in [0.15, 0.2) is 53.2 Å². The number of hydrogen-bond donors (Lipinski definition) is 3. The van der Waals surface area contributed by atoms with Crippen molar-refractivity contribution < 1.29 is 10.2 Å². The van der Waals surface area contributed by atoms with Gasteiger partial charge in [-0.05, 0) is 18.2 Å². The zero-order chi connectivity index (χ0) is 15.8. The number of aromatic nitrogens is 4. The van der Waals surface area contributed by atoms with Crippen LogP contribution in [0, 0.1) is 0 Å². The van der Waals surface area contributed by atoms with Crippen molar-refractivity contribution in [1.29, 1.82) is 0 Å². The normalized spacial score (nSPS) is 11.7. The predicted octanol–water partition coefficient (Wildman–Crippen LogP) is 3.33. The standard InChI is InChI=1S/C15H10N6O2/c22-10-5-4-9(12-8(10)2-1-3-11(12)23)20-21-15-13-14(17-6-16-13)18-7-19-15/h1-7,22-23H,(H,16,17,18,19). The van der Waals surface area contributed by atoms with E-state index >= 15 is 0 Å². The van der Waals surface area contributed by atoms with E-state index in [9.17, 15) is 10.2 Å². The number of fused-ring (bicyclic) bond motifs is 2. The van der Waals surface area contributed by atoms with Crippen LogP contribution in [-0.2, 0) is 0 Å². The lowest BCUT2D eigenvalue weighted by atomic mass is 10.1. The van der Waals surface area contributed by atoms with Gasteiger partial charge in [-0.3, -0.25) is 0 Å². The predicted molar refractivity (Wildman–Crippen MR) is 83.1 cm³/mol. The third-order valence-electron chi connectivity index (χ3n) is 3.43. The van der Waals surface area contributed by atoms with E-state index in [4.69, 9.17) is 0 Å².